The number of nitrogens with one attached hydrogen (secondary N) is 2. The van der Waals surface area contributed by atoms with Gasteiger partial charge in [-0.05, 0) is 35.9 Å². The molecule has 0 radical (unpaired) electrons. The second-order valence-corrected chi connectivity index (χ2v) is 4.66. The molecule has 0 aliphatic carbocycles. The summed E-state index contributed by atoms with van der Waals surface area (Å²) in [4.78, 5) is 23.3. The van der Waals surface area contributed by atoms with E-state index in [9.17, 15) is 9.59 Å². The first-order valence-corrected chi connectivity index (χ1v) is 6.94. The van der Waals surface area contributed by atoms with Gasteiger partial charge in [0.15, 0.2) is 17.3 Å². The minimum absolute atomic E-state index is 0.112. The maximum absolute atomic E-state index is 11.7. The van der Waals surface area contributed by atoms with Crippen LogP contribution in [-0.2, 0) is 4.79 Å². The van der Waals surface area contributed by atoms with E-state index in [1.54, 1.807) is 30.3 Å². The molecule has 7 heteroatoms. The fourth-order valence-corrected chi connectivity index (χ4v) is 1.96. The molecule has 2 N–H and O–H groups in total. The second-order valence-electron chi connectivity index (χ2n) is 4.66. The minimum atomic E-state index is -0.531. The van der Waals surface area contributed by atoms with Crippen LogP contribution in [0.25, 0.3) is 6.08 Å². The highest BCUT2D eigenvalue weighted by Gasteiger charge is 2.11. The summed E-state index contributed by atoms with van der Waals surface area (Å²) in [5, 5.41) is 0. The largest absolute Gasteiger partial charge is 0.486 e. The van der Waals surface area contributed by atoms with E-state index in [1.807, 2.05) is 0 Å². The Hall–Kier alpha value is -3.22. The van der Waals surface area contributed by atoms with Crippen molar-refractivity contribution >= 4 is 17.9 Å². The number of carbonyl (C=O) groups is 2. The van der Waals surface area contributed by atoms with E-state index < -0.39 is 11.8 Å². The summed E-state index contributed by atoms with van der Waals surface area (Å²) in [7, 11) is 0. The highest BCUT2D eigenvalue weighted by atomic mass is 16.6. The Balaban J connectivity index is 1.55. The van der Waals surface area contributed by atoms with Gasteiger partial charge < -0.3 is 13.9 Å². The number of hydrogen-bond acceptors (Lipinski definition) is 5. The Morgan fingerprint density at radius 3 is 2.65 bits per heavy atom. The molecule has 1 aromatic heterocycles. The van der Waals surface area contributed by atoms with Crippen LogP contribution in [0.3, 0.4) is 0 Å². The highest BCUT2D eigenvalue weighted by Crippen LogP contribution is 2.30. The molecule has 2 amide bonds. The van der Waals surface area contributed by atoms with Crippen LogP contribution < -0.4 is 20.3 Å². The van der Waals surface area contributed by atoms with Crippen molar-refractivity contribution < 1.29 is 23.5 Å². The first-order valence-electron chi connectivity index (χ1n) is 6.94. The molecule has 0 spiro atoms. The van der Waals surface area contributed by atoms with Crippen LogP contribution >= 0.6 is 0 Å². The summed E-state index contributed by atoms with van der Waals surface area (Å²) in [6, 6.07) is 8.44. The quantitative estimate of drug-likeness (QED) is 0.662. The molecular formula is C16H14N2O5. The first-order chi connectivity index (χ1) is 11.2. The summed E-state index contributed by atoms with van der Waals surface area (Å²) in [6.07, 6.45) is 4.28. The van der Waals surface area contributed by atoms with Crippen LogP contribution in [0, 0.1) is 0 Å². The van der Waals surface area contributed by atoms with Gasteiger partial charge in [-0.2, -0.15) is 0 Å². The third kappa shape index (κ3) is 3.70. The molecule has 7 nitrogen and oxygen atoms in total. The van der Waals surface area contributed by atoms with Crippen LogP contribution in [-0.4, -0.2) is 25.0 Å². The predicted octanol–water partition coefficient (Wildman–Crippen LogP) is 1.53. The molecule has 23 heavy (non-hydrogen) atoms. The number of amides is 2. The minimum Gasteiger partial charge on any atom is -0.486 e. The molecular weight excluding hydrogens is 300 g/mol. The first kappa shape index (κ1) is 14.7. The summed E-state index contributed by atoms with van der Waals surface area (Å²) < 4.78 is 15.8. The summed E-state index contributed by atoms with van der Waals surface area (Å²) in [5.74, 6) is 0.436. The Bertz CT molecular complexity index is 737. The Morgan fingerprint density at radius 1 is 1.04 bits per heavy atom. The molecule has 3 rings (SSSR count). The molecule has 1 aliphatic heterocycles. The Morgan fingerprint density at radius 2 is 1.87 bits per heavy atom. The molecule has 0 unspecified atom stereocenters. The Labute approximate surface area is 131 Å². The molecule has 1 aliphatic rings. The van der Waals surface area contributed by atoms with Crippen LogP contribution in [0.4, 0.5) is 0 Å². The van der Waals surface area contributed by atoms with Crippen molar-refractivity contribution in [1.82, 2.24) is 10.9 Å². The summed E-state index contributed by atoms with van der Waals surface area (Å²) >= 11 is 0. The standard InChI is InChI=1S/C16H14N2O5/c19-15(17-18-16(20)13-2-1-7-21-13)6-4-11-3-5-12-14(10-11)23-9-8-22-12/h1-7,10H,8-9H2,(H,17,19)(H,18,20)/b6-4+. The fourth-order valence-electron chi connectivity index (χ4n) is 1.96. The van der Waals surface area contributed by atoms with Gasteiger partial charge in [0.1, 0.15) is 13.2 Å². The number of carbonyl (C=O) groups excluding carboxylic acids is 2. The van der Waals surface area contributed by atoms with Gasteiger partial charge in [-0.15, -0.1) is 0 Å². The maximum Gasteiger partial charge on any atom is 0.305 e. The van der Waals surface area contributed by atoms with Gasteiger partial charge in [0.25, 0.3) is 5.91 Å². The van der Waals surface area contributed by atoms with E-state index in [4.69, 9.17) is 13.9 Å². The number of rotatable bonds is 3. The zero-order chi connectivity index (χ0) is 16.1. The van der Waals surface area contributed by atoms with E-state index in [0.717, 1.165) is 5.56 Å². The van der Waals surface area contributed by atoms with E-state index >= 15 is 0 Å². The fraction of sp³-hybridized carbons (Fsp3) is 0.125. The summed E-state index contributed by atoms with van der Waals surface area (Å²) in [6.45, 7) is 1.03. The average molecular weight is 314 g/mol. The monoisotopic (exact) mass is 314 g/mol. The van der Waals surface area contributed by atoms with Gasteiger partial charge in [0.05, 0.1) is 6.26 Å². The Kier molecular flexibility index (Phi) is 4.28. The van der Waals surface area contributed by atoms with Gasteiger partial charge in [0, 0.05) is 6.08 Å². The SMILES string of the molecule is O=C(/C=C/c1ccc2c(c1)OCCO2)NNC(=O)c1ccco1. The van der Waals surface area contributed by atoms with Gasteiger partial charge in [0.2, 0.25) is 0 Å². The lowest BCUT2D eigenvalue weighted by molar-refractivity contribution is -0.117. The van der Waals surface area contributed by atoms with Gasteiger partial charge in [-0.3, -0.25) is 20.4 Å². The van der Waals surface area contributed by atoms with Gasteiger partial charge in [-0.25, -0.2) is 0 Å². The van der Waals surface area contributed by atoms with Crippen LogP contribution in [0.5, 0.6) is 11.5 Å². The molecule has 0 saturated heterocycles. The van der Waals surface area contributed by atoms with Crippen molar-refractivity contribution in [2.45, 2.75) is 0 Å². The number of furan rings is 1. The lowest BCUT2D eigenvalue weighted by atomic mass is 10.2. The van der Waals surface area contributed by atoms with Crippen molar-refractivity contribution in [2.75, 3.05) is 13.2 Å². The van der Waals surface area contributed by atoms with Crippen LogP contribution in [0.2, 0.25) is 0 Å². The number of hydrogen-bond donors (Lipinski definition) is 2. The van der Waals surface area contributed by atoms with Crippen molar-refractivity contribution in [3.05, 3.63) is 54.0 Å². The van der Waals surface area contributed by atoms with E-state index in [-0.39, 0.29) is 5.76 Å². The molecule has 0 atom stereocenters. The molecule has 0 bridgehead atoms. The zero-order valence-electron chi connectivity index (χ0n) is 12.1. The van der Waals surface area contributed by atoms with Crippen molar-refractivity contribution in [1.29, 1.82) is 0 Å². The van der Waals surface area contributed by atoms with E-state index in [0.29, 0.717) is 24.7 Å². The topological polar surface area (TPSA) is 89.8 Å². The third-order valence-corrected chi connectivity index (χ3v) is 3.04. The molecule has 118 valence electrons. The van der Waals surface area contributed by atoms with Crippen molar-refractivity contribution in [2.24, 2.45) is 0 Å². The van der Waals surface area contributed by atoms with Gasteiger partial charge >= 0.3 is 5.91 Å². The molecule has 1 aromatic carbocycles. The van der Waals surface area contributed by atoms with Gasteiger partial charge in [-0.1, -0.05) is 6.07 Å². The molecule has 0 fully saturated rings. The molecule has 2 heterocycles. The lowest BCUT2D eigenvalue weighted by Crippen LogP contribution is -2.40. The summed E-state index contributed by atoms with van der Waals surface area (Å²) in [5.41, 5.74) is 5.28. The smallest absolute Gasteiger partial charge is 0.305 e. The van der Waals surface area contributed by atoms with E-state index in [1.165, 1.54) is 18.4 Å². The zero-order valence-corrected chi connectivity index (χ0v) is 12.1. The predicted molar refractivity (Wildman–Crippen MR) is 80.8 cm³/mol. The van der Waals surface area contributed by atoms with E-state index in [2.05, 4.69) is 10.9 Å². The molecule has 2 aromatic rings. The normalized spacial score (nSPS) is 12.9. The lowest BCUT2D eigenvalue weighted by Gasteiger charge is -2.18. The maximum atomic E-state index is 11.7. The van der Waals surface area contributed by atoms with Crippen molar-refractivity contribution in [3.8, 4) is 11.5 Å². The highest BCUT2D eigenvalue weighted by molar-refractivity contribution is 5.96. The molecule has 0 saturated carbocycles. The number of benzene rings is 1. The average Bonchev–Trinajstić information content (AvgIpc) is 3.12. The van der Waals surface area contributed by atoms with Crippen LogP contribution in [0.1, 0.15) is 16.1 Å². The number of ether oxygens (including phenoxy) is 2. The second kappa shape index (κ2) is 6.69. The number of fused-ring (bicyclic) bond motifs is 1. The van der Waals surface area contributed by atoms with Crippen LogP contribution in [0.15, 0.2) is 47.1 Å². The number of hydrazine groups is 1. The van der Waals surface area contributed by atoms with Crippen molar-refractivity contribution in [3.63, 3.8) is 0 Å². The third-order valence-electron chi connectivity index (χ3n) is 3.04.